The van der Waals surface area contributed by atoms with Gasteiger partial charge in [-0.25, -0.2) is 14.4 Å². The highest BCUT2D eigenvalue weighted by molar-refractivity contribution is 5.95. The number of piperidine rings is 1. The second-order valence-corrected chi connectivity index (χ2v) is 7.69. The van der Waals surface area contributed by atoms with Gasteiger partial charge in [-0.1, -0.05) is 0 Å². The average molecular weight is 403 g/mol. The Kier molecular flexibility index (Phi) is 4.58. The average Bonchev–Trinajstić information content (AvgIpc) is 3.41. The maximum atomic E-state index is 13.5. The van der Waals surface area contributed by atoms with Crippen LogP contribution in [0.3, 0.4) is 0 Å². The molecule has 30 heavy (non-hydrogen) atoms. The number of carbonyl (C=O) groups is 1. The van der Waals surface area contributed by atoms with Crippen LogP contribution in [-0.2, 0) is 4.79 Å². The number of halogens is 1. The molecule has 0 bridgehead atoms. The smallest absolute Gasteiger partial charge is 0.219 e. The Morgan fingerprint density at radius 3 is 2.60 bits per heavy atom. The van der Waals surface area contributed by atoms with Crippen LogP contribution in [0, 0.1) is 5.82 Å². The van der Waals surface area contributed by atoms with Gasteiger partial charge < -0.3 is 14.5 Å². The van der Waals surface area contributed by atoms with E-state index in [1.165, 1.54) is 12.1 Å². The first-order valence-electron chi connectivity index (χ1n) is 10.1. The monoisotopic (exact) mass is 403 g/mol. The van der Waals surface area contributed by atoms with E-state index in [4.69, 9.17) is 4.98 Å². The van der Waals surface area contributed by atoms with E-state index in [1.807, 2.05) is 29.6 Å². The van der Waals surface area contributed by atoms with Crippen LogP contribution < -0.4 is 0 Å². The Bertz CT molecular complexity index is 1200. The number of rotatable bonds is 3. The van der Waals surface area contributed by atoms with Gasteiger partial charge in [-0.3, -0.25) is 4.79 Å². The molecular formula is C23H22FN5O. The second kappa shape index (κ2) is 7.40. The van der Waals surface area contributed by atoms with E-state index in [1.54, 1.807) is 25.3 Å². The van der Waals surface area contributed by atoms with Gasteiger partial charge in [0.1, 0.15) is 11.5 Å². The summed E-state index contributed by atoms with van der Waals surface area (Å²) in [5.41, 5.74) is 4.53. The lowest BCUT2D eigenvalue weighted by Gasteiger charge is -2.33. The van der Waals surface area contributed by atoms with Crippen molar-refractivity contribution in [3.05, 3.63) is 60.9 Å². The van der Waals surface area contributed by atoms with Crippen molar-refractivity contribution in [2.24, 2.45) is 0 Å². The minimum atomic E-state index is -0.270. The molecule has 1 aliphatic heterocycles. The number of fused-ring (bicyclic) bond motifs is 1. The molecule has 4 aromatic rings. The summed E-state index contributed by atoms with van der Waals surface area (Å²) in [7, 11) is 0. The van der Waals surface area contributed by atoms with Gasteiger partial charge in [0.2, 0.25) is 5.91 Å². The molecule has 1 fully saturated rings. The van der Waals surface area contributed by atoms with E-state index in [9.17, 15) is 9.18 Å². The van der Waals surface area contributed by atoms with Crippen LogP contribution in [-0.4, -0.2) is 43.4 Å². The minimum Gasteiger partial charge on any atom is -0.346 e. The van der Waals surface area contributed by atoms with Gasteiger partial charge in [0.25, 0.3) is 0 Å². The lowest BCUT2D eigenvalue weighted by Crippen LogP contribution is -2.37. The van der Waals surface area contributed by atoms with Gasteiger partial charge in [-0.2, -0.15) is 0 Å². The third-order valence-electron chi connectivity index (χ3n) is 5.93. The summed E-state index contributed by atoms with van der Waals surface area (Å²) in [5, 5.41) is 1.02. The quantitative estimate of drug-likeness (QED) is 0.551. The van der Waals surface area contributed by atoms with Crippen molar-refractivity contribution < 1.29 is 9.18 Å². The van der Waals surface area contributed by atoms with E-state index >= 15 is 0 Å². The Morgan fingerprint density at radius 1 is 1.10 bits per heavy atom. The van der Waals surface area contributed by atoms with E-state index < -0.39 is 0 Å². The Morgan fingerprint density at radius 2 is 1.87 bits per heavy atom. The highest BCUT2D eigenvalue weighted by Gasteiger charge is 2.26. The second-order valence-electron chi connectivity index (χ2n) is 7.69. The van der Waals surface area contributed by atoms with E-state index in [0.29, 0.717) is 0 Å². The molecule has 3 aromatic heterocycles. The molecule has 0 radical (unpaired) electrons. The van der Waals surface area contributed by atoms with Crippen molar-refractivity contribution in [3.8, 4) is 22.5 Å². The predicted octanol–water partition coefficient (Wildman–Crippen LogP) is 4.42. The lowest BCUT2D eigenvalue weighted by atomic mass is 10.00. The van der Waals surface area contributed by atoms with E-state index in [2.05, 4.69) is 14.5 Å². The minimum absolute atomic E-state index is 0.120. The zero-order valence-electron chi connectivity index (χ0n) is 16.7. The number of aromatic nitrogens is 4. The molecule has 0 aliphatic carbocycles. The molecule has 6 nitrogen and oxygen atoms in total. The van der Waals surface area contributed by atoms with Gasteiger partial charge >= 0.3 is 0 Å². The van der Waals surface area contributed by atoms with Crippen molar-refractivity contribution >= 4 is 16.9 Å². The molecule has 1 amide bonds. The summed E-state index contributed by atoms with van der Waals surface area (Å²) < 4.78 is 15.7. The van der Waals surface area contributed by atoms with Crippen molar-refractivity contribution in [2.45, 2.75) is 25.8 Å². The summed E-state index contributed by atoms with van der Waals surface area (Å²) in [6.45, 7) is 3.09. The topological polar surface area (TPSA) is 66.8 Å². The van der Waals surface area contributed by atoms with Crippen LogP contribution in [0.2, 0.25) is 0 Å². The fourth-order valence-corrected chi connectivity index (χ4v) is 4.35. The number of pyridine rings is 1. The zero-order valence-corrected chi connectivity index (χ0v) is 16.7. The van der Waals surface area contributed by atoms with Gasteiger partial charge in [-0.05, 0) is 49.2 Å². The van der Waals surface area contributed by atoms with Gasteiger partial charge in [0.15, 0.2) is 0 Å². The first-order chi connectivity index (χ1) is 14.6. The van der Waals surface area contributed by atoms with Crippen LogP contribution in [0.1, 0.15) is 25.8 Å². The number of benzene rings is 1. The molecule has 1 N–H and O–H groups in total. The molecule has 7 heteroatoms. The highest BCUT2D eigenvalue weighted by Crippen LogP contribution is 2.38. The summed E-state index contributed by atoms with van der Waals surface area (Å²) in [4.78, 5) is 26.0. The first-order valence-corrected chi connectivity index (χ1v) is 10.1. The number of likely N-dealkylation sites (tertiary alicyclic amines) is 1. The normalized spacial score (nSPS) is 15.1. The van der Waals surface area contributed by atoms with Crippen molar-refractivity contribution in [1.29, 1.82) is 0 Å². The number of nitrogens with zero attached hydrogens (tertiary/aromatic N) is 4. The van der Waals surface area contributed by atoms with Gasteiger partial charge in [0.05, 0.1) is 17.7 Å². The number of H-pyrrole nitrogens is 1. The number of hydrogen-bond donors (Lipinski definition) is 1. The fraction of sp³-hybridized carbons (Fsp3) is 0.261. The lowest BCUT2D eigenvalue weighted by molar-refractivity contribution is -0.130. The number of imidazole rings is 1. The molecule has 152 valence electrons. The van der Waals surface area contributed by atoms with Crippen LogP contribution in [0.15, 0.2) is 55.1 Å². The predicted molar refractivity (Wildman–Crippen MR) is 113 cm³/mol. The number of amides is 1. The number of aromatic amines is 1. The van der Waals surface area contributed by atoms with E-state index in [0.717, 1.165) is 59.5 Å². The Balaban J connectivity index is 1.64. The summed E-state index contributed by atoms with van der Waals surface area (Å²) in [6, 6.07) is 10.7. The number of nitrogens with one attached hydrogen (secondary N) is 1. The van der Waals surface area contributed by atoms with Crippen LogP contribution in [0.4, 0.5) is 4.39 Å². The molecule has 0 spiro atoms. The molecule has 0 saturated carbocycles. The SMILES string of the molecule is CC(=O)N1CCC(n2cnc(-c3ccc(F)cc3)c2-c2ccnc3[nH]ccc23)CC1. The highest BCUT2D eigenvalue weighted by atomic mass is 19.1. The van der Waals surface area contributed by atoms with Crippen LogP contribution in [0.5, 0.6) is 0 Å². The number of carbonyl (C=O) groups excluding carboxylic acids is 1. The Labute approximate surface area is 173 Å². The summed E-state index contributed by atoms with van der Waals surface area (Å²) in [6.07, 6.45) is 7.28. The molecule has 0 atom stereocenters. The largest absolute Gasteiger partial charge is 0.346 e. The zero-order chi connectivity index (χ0) is 20.7. The number of hydrogen-bond acceptors (Lipinski definition) is 3. The molecule has 0 unspecified atom stereocenters. The molecule has 1 saturated heterocycles. The van der Waals surface area contributed by atoms with Crippen LogP contribution in [0.25, 0.3) is 33.5 Å². The molecule has 4 heterocycles. The molecule has 1 aliphatic rings. The summed E-state index contributed by atoms with van der Waals surface area (Å²) in [5.74, 6) is -0.150. The van der Waals surface area contributed by atoms with E-state index in [-0.39, 0.29) is 17.8 Å². The van der Waals surface area contributed by atoms with Gasteiger partial charge in [-0.15, -0.1) is 0 Å². The molecular weight excluding hydrogens is 381 g/mol. The van der Waals surface area contributed by atoms with Crippen LogP contribution >= 0.6 is 0 Å². The maximum absolute atomic E-state index is 13.5. The Hall–Kier alpha value is -3.48. The standard InChI is InChI=1S/C23H22FN5O/c1-15(30)28-12-8-18(9-13-28)29-14-27-21(16-2-4-17(24)5-3-16)22(29)19-6-10-25-23-20(19)7-11-26-23/h2-7,10-11,14,18H,8-9,12-13H2,1H3,(H,25,26). The fourth-order valence-electron chi connectivity index (χ4n) is 4.35. The van der Waals surface area contributed by atoms with Crippen molar-refractivity contribution in [3.63, 3.8) is 0 Å². The van der Waals surface area contributed by atoms with Crippen molar-refractivity contribution in [1.82, 2.24) is 24.4 Å². The first kappa shape index (κ1) is 18.5. The molecule has 5 rings (SSSR count). The van der Waals surface area contributed by atoms with Crippen molar-refractivity contribution in [2.75, 3.05) is 13.1 Å². The summed E-state index contributed by atoms with van der Waals surface area (Å²) >= 11 is 0. The third kappa shape index (κ3) is 3.16. The third-order valence-corrected chi connectivity index (χ3v) is 5.93. The molecule has 1 aromatic carbocycles. The van der Waals surface area contributed by atoms with Gasteiger partial charge in [0, 0.05) is 55.0 Å². The maximum Gasteiger partial charge on any atom is 0.219 e.